The van der Waals surface area contributed by atoms with Gasteiger partial charge >= 0.3 is 6.18 Å². The van der Waals surface area contributed by atoms with Gasteiger partial charge in [0.25, 0.3) is 0 Å². The molecular weight excluding hydrogens is 349 g/mol. The summed E-state index contributed by atoms with van der Waals surface area (Å²) in [6.45, 7) is 0.732. The highest BCUT2D eigenvalue weighted by Crippen LogP contribution is 2.30. The number of ether oxygens (including phenoxy) is 2. The fourth-order valence-electron chi connectivity index (χ4n) is 2.07. The van der Waals surface area contributed by atoms with Crippen molar-refractivity contribution in [3.05, 3.63) is 54.1 Å². The third-order valence-electron chi connectivity index (χ3n) is 3.34. The molecule has 0 radical (unpaired) electrons. The number of halogens is 3. The Labute approximate surface area is 149 Å². The maximum Gasteiger partial charge on any atom is 0.416 e. The van der Waals surface area contributed by atoms with E-state index in [1.807, 2.05) is 0 Å². The third-order valence-corrected chi connectivity index (χ3v) is 3.34. The summed E-state index contributed by atoms with van der Waals surface area (Å²) >= 11 is 0. The molecule has 0 bridgehead atoms. The van der Waals surface area contributed by atoms with Crippen molar-refractivity contribution in [1.82, 2.24) is 0 Å². The van der Waals surface area contributed by atoms with Crippen LogP contribution >= 0.6 is 0 Å². The van der Waals surface area contributed by atoms with Gasteiger partial charge in [0.15, 0.2) is 0 Å². The number of rotatable bonds is 8. The summed E-state index contributed by atoms with van der Waals surface area (Å²) in [6, 6.07) is 11.4. The van der Waals surface area contributed by atoms with E-state index in [1.54, 1.807) is 31.4 Å². The highest BCUT2D eigenvalue weighted by Gasteiger charge is 2.30. The zero-order valence-electron chi connectivity index (χ0n) is 14.1. The monoisotopic (exact) mass is 368 g/mol. The van der Waals surface area contributed by atoms with Crippen molar-refractivity contribution >= 4 is 17.3 Å². The second-order valence-corrected chi connectivity index (χ2v) is 5.35. The van der Waals surface area contributed by atoms with Crippen LogP contribution in [0.15, 0.2) is 48.5 Å². The molecule has 0 aromatic heterocycles. The zero-order chi connectivity index (χ0) is 19.0. The fraction of sp³-hybridized carbons (Fsp3) is 0.278. The molecule has 26 heavy (non-hydrogen) atoms. The van der Waals surface area contributed by atoms with E-state index in [1.165, 1.54) is 12.1 Å². The molecule has 1 amide bonds. The van der Waals surface area contributed by atoms with Crippen LogP contribution in [-0.2, 0) is 15.7 Å². The van der Waals surface area contributed by atoms with Gasteiger partial charge in [0.05, 0.1) is 18.7 Å². The molecule has 8 heteroatoms. The van der Waals surface area contributed by atoms with Gasteiger partial charge in [-0.25, -0.2) is 0 Å². The number of amides is 1. The van der Waals surface area contributed by atoms with Crippen molar-refractivity contribution in [3.8, 4) is 5.75 Å². The molecule has 2 aromatic rings. The van der Waals surface area contributed by atoms with E-state index in [0.29, 0.717) is 24.7 Å². The zero-order valence-corrected chi connectivity index (χ0v) is 14.1. The minimum absolute atomic E-state index is 0.159. The van der Waals surface area contributed by atoms with Gasteiger partial charge in [-0.15, -0.1) is 0 Å². The molecule has 0 spiro atoms. The lowest BCUT2D eigenvalue weighted by molar-refractivity contribution is -0.137. The van der Waals surface area contributed by atoms with E-state index < -0.39 is 11.7 Å². The van der Waals surface area contributed by atoms with Gasteiger partial charge in [-0.1, -0.05) is 6.07 Å². The van der Waals surface area contributed by atoms with Gasteiger partial charge in [0.2, 0.25) is 5.91 Å². The quantitative estimate of drug-likeness (QED) is 0.696. The van der Waals surface area contributed by atoms with Crippen LogP contribution in [0.25, 0.3) is 0 Å². The fourth-order valence-corrected chi connectivity index (χ4v) is 2.07. The van der Waals surface area contributed by atoms with Gasteiger partial charge in [0, 0.05) is 18.5 Å². The Bertz CT molecular complexity index is 718. The predicted octanol–water partition coefficient (Wildman–Crippen LogP) is 3.78. The molecule has 0 unspecified atom stereocenters. The van der Waals surface area contributed by atoms with Crippen LogP contribution in [0.1, 0.15) is 5.56 Å². The molecule has 2 aromatic carbocycles. The summed E-state index contributed by atoms with van der Waals surface area (Å²) < 4.78 is 48.3. The Morgan fingerprint density at radius 3 is 2.42 bits per heavy atom. The standard InChI is InChI=1S/C18H19F3N2O3/c1-25-9-10-26-16-7-5-14(6-8-16)23-17(24)12-22-15-4-2-3-13(11-15)18(19,20)21/h2-8,11,22H,9-10,12H2,1H3,(H,23,24). The van der Waals surface area contributed by atoms with E-state index in [2.05, 4.69) is 10.6 Å². The second-order valence-electron chi connectivity index (χ2n) is 5.35. The molecule has 0 atom stereocenters. The number of methoxy groups -OCH3 is 1. The Hall–Kier alpha value is -2.74. The second kappa shape index (κ2) is 9.10. The summed E-state index contributed by atoms with van der Waals surface area (Å²) in [6.07, 6.45) is -4.42. The van der Waals surface area contributed by atoms with Crippen molar-refractivity contribution < 1.29 is 27.4 Å². The SMILES string of the molecule is COCCOc1ccc(NC(=O)CNc2cccc(C(F)(F)F)c2)cc1. The third kappa shape index (κ3) is 6.29. The van der Waals surface area contributed by atoms with Crippen LogP contribution in [0.4, 0.5) is 24.5 Å². The lowest BCUT2D eigenvalue weighted by atomic mass is 10.2. The minimum atomic E-state index is -4.42. The molecule has 0 heterocycles. The van der Waals surface area contributed by atoms with E-state index in [0.717, 1.165) is 12.1 Å². The molecule has 0 saturated carbocycles. The Morgan fingerprint density at radius 1 is 1.04 bits per heavy atom. The lowest BCUT2D eigenvalue weighted by Crippen LogP contribution is -2.21. The van der Waals surface area contributed by atoms with Crippen LogP contribution in [0.3, 0.4) is 0 Å². The summed E-state index contributed by atoms with van der Waals surface area (Å²) in [5.74, 6) is 0.262. The Kier molecular flexibility index (Phi) is 6.85. The molecule has 0 aliphatic rings. The van der Waals surface area contributed by atoms with Crippen LogP contribution in [0.5, 0.6) is 5.75 Å². The normalized spacial score (nSPS) is 11.1. The highest BCUT2D eigenvalue weighted by atomic mass is 19.4. The van der Waals surface area contributed by atoms with Crippen molar-refractivity contribution in [1.29, 1.82) is 0 Å². The summed E-state index contributed by atoms with van der Waals surface area (Å²) in [4.78, 5) is 11.9. The van der Waals surface area contributed by atoms with Crippen molar-refractivity contribution in [2.45, 2.75) is 6.18 Å². The predicted molar refractivity (Wildman–Crippen MR) is 92.4 cm³/mol. The van der Waals surface area contributed by atoms with Gasteiger partial charge in [-0.3, -0.25) is 4.79 Å². The van der Waals surface area contributed by atoms with Gasteiger partial charge < -0.3 is 20.1 Å². The number of hydrogen-bond donors (Lipinski definition) is 2. The smallest absolute Gasteiger partial charge is 0.416 e. The topological polar surface area (TPSA) is 59.6 Å². The number of anilines is 2. The van der Waals surface area contributed by atoms with E-state index in [4.69, 9.17) is 9.47 Å². The average Bonchev–Trinajstić information content (AvgIpc) is 2.61. The number of carbonyl (C=O) groups is 1. The van der Waals surface area contributed by atoms with Crippen LogP contribution in [0, 0.1) is 0 Å². The van der Waals surface area contributed by atoms with Gasteiger partial charge in [0.1, 0.15) is 12.4 Å². The number of alkyl halides is 3. The largest absolute Gasteiger partial charge is 0.491 e. The van der Waals surface area contributed by atoms with E-state index in [9.17, 15) is 18.0 Å². The molecule has 140 valence electrons. The Balaban J connectivity index is 1.83. The van der Waals surface area contributed by atoms with Crippen LogP contribution < -0.4 is 15.4 Å². The summed E-state index contributed by atoms with van der Waals surface area (Å²) in [7, 11) is 1.58. The van der Waals surface area contributed by atoms with Crippen LogP contribution in [-0.4, -0.2) is 32.8 Å². The molecule has 2 rings (SSSR count). The number of carbonyl (C=O) groups excluding carboxylic acids is 1. The molecule has 0 aliphatic heterocycles. The molecule has 2 N–H and O–H groups in total. The van der Waals surface area contributed by atoms with E-state index >= 15 is 0 Å². The number of nitrogens with one attached hydrogen (secondary N) is 2. The van der Waals surface area contributed by atoms with Gasteiger partial charge in [-0.2, -0.15) is 13.2 Å². The molecule has 0 aliphatic carbocycles. The molecule has 0 saturated heterocycles. The first-order valence-electron chi connectivity index (χ1n) is 7.81. The number of benzene rings is 2. The van der Waals surface area contributed by atoms with Crippen LogP contribution in [0.2, 0.25) is 0 Å². The maximum atomic E-state index is 12.7. The summed E-state index contributed by atoms with van der Waals surface area (Å²) in [5, 5.41) is 5.32. The number of hydrogen-bond acceptors (Lipinski definition) is 4. The lowest BCUT2D eigenvalue weighted by Gasteiger charge is -2.11. The highest BCUT2D eigenvalue weighted by molar-refractivity contribution is 5.93. The molecule has 5 nitrogen and oxygen atoms in total. The van der Waals surface area contributed by atoms with E-state index in [-0.39, 0.29) is 18.1 Å². The summed E-state index contributed by atoms with van der Waals surface area (Å²) in [5.41, 5.74) is 0.00349. The van der Waals surface area contributed by atoms with Crippen molar-refractivity contribution in [3.63, 3.8) is 0 Å². The first-order valence-corrected chi connectivity index (χ1v) is 7.81. The maximum absolute atomic E-state index is 12.7. The first kappa shape index (κ1) is 19.6. The van der Waals surface area contributed by atoms with Crippen molar-refractivity contribution in [2.75, 3.05) is 37.5 Å². The first-order chi connectivity index (χ1) is 12.4. The molecular formula is C18H19F3N2O3. The molecule has 0 fully saturated rings. The van der Waals surface area contributed by atoms with Gasteiger partial charge in [-0.05, 0) is 42.5 Å². The minimum Gasteiger partial charge on any atom is -0.491 e. The van der Waals surface area contributed by atoms with Crippen molar-refractivity contribution in [2.24, 2.45) is 0 Å². The Morgan fingerprint density at radius 2 is 1.77 bits per heavy atom. The average molecular weight is 368 g/mol.